The molecule has 1 amide bonds. The van der Waals surface area contributed by atoms with Crippen molar-refractivity contribution < 1.29 is 32.1 Å². The third kappa shape index (κ3) is 6.02. The fourth-order valence-electron chi connectivity index (χ4n) is 4.43. The van der Waals surface area contributed by atoms with Crippen molar-refractivity contribution in [3.05, 3.63) is 45.9 Å². The number of benzene rings is 1. The maximum atomic E-state index is 11.7. The van der Waals surface area contributed by atoms with E-state index in [2.05, 4.69) is 20.8 Å². The Morgan fingerprint density at radius 1 is 1.21 bits per heavy atom. The first kappa shape index (κ1) is 25.2. The third-order valence-electron chi connectivity index (χ3n) is 6.35. The zero-order valence-corrected chi connectivity index (χ0v) is 21.2. The van der Waals surface area contributed by atoms with Crippen molar-refractivity contribution in [3.63, 3.8) is 0 Å². The summed E-state index contributed by atoms with van der Waals surface area (Å²) in [6.07, 6.45) is 0.699. The van der Waals surface area contributed by atoms with Crippen molar-refractivity contribution in [1.29, 1.82) is 0 Å². The Labute approximate surface area is 205 Å². The van der Waals surface area contributed by atoms with Crippen LogP contribution in [0.5, 0.6) is 5.75 Å². The van der Waals surface area contributed by atoms with Gasteiger partial charge in [-0.3, -0.25) is 17.5 Å². The zero-order valence-electron chi connectivity index (χ0n) is 19.5. The first-order valence-corrected chi connectivity index (χ1v) is 13.5. The number of nitrogens with zero attached hydrogens (tertiary/aromatic N) is 2. The van der Waals surface area contributed by atoms with Gasteiger partial charge in [-0.05, 0) is 36.0 Å². The van der Waals surface area contributed by atoms with Gasteiger partial charge in [0.1, 0.15) is 12.4 Å². The molecule has 2 aromatic rings. The fraction of sp³-hybridized carbons (Fsp3) is 0.565. The van der Waals surface area contributed by atoms with Crippen LogP contribution in [-0.2, 0) is 15.0 Å². The Hall–Kier alpha value is -1.89. The molecule has 2 fully saturated rings. The molecule has 0 spiro atoms. The predicted molar refractivity (Wildman–Crippen MR) is 130 cm³/mol. The van der Waals surface area contributed by atoms with E-state index in [0.717, 1.165) is 29.1 Å². The summed E-state index contributed by atoms with van der Waals surface area (Å²) in [7, 11) is 0. The van der Waals surface area contributed by atoms with Gasteiger partial charge in [0.25, 0.3) is 0 Å². The lowest BCUT2D eigenvalue weighted by molar-refractivity contribution is 0.0525. The molecule has 2 aliphatic rings. The van der Waals surface area contributed by atoms with Crippen LogP contribution in [0.3, 0.4) is 0 Å². The molecule has 188 valence electrons. The maximum absolute atomic E-state index is 11.7. The van der Waals surface area contributed by atoms with Gasteiger partial charge in [-0.1, -0.05) is 32.9 Å². The number of piperidine rings is 1. The van der Waals surface area contributed by atoms with Crippen LogP contribution in [0.1, 0.15) is 61.7 Å². The summed E-state index contributed by atoms with van der Waals surface area (Å²) in [5.74, 6) is 0.888. The van der Waals surface area contributed by atoms with Gasteiger partial charge >= 0.3 is 6.09 Å². The normalized spacial score (nSPS) is 24.6. The van der Waals surface area contributed by atoms with Crippen LogP contribution in [0.2, 0.25) is 0 Å². The van der Waals surface area contributed by atoms with E-state index >= 15 is 0 Å². The molecular formula is C23H32N2O7S2. The number of amides is 1. The molecule has 11 heteroatoms. The Morgan fingerprint density at radius 3 is 2.50 bits per heavy atom. The summed E-state index contributed by atoms with van der Waals surface area (Å²) in [5.41, 5.74) is 1.69. The molecule has 3 heterocycles. The number of thiazole rings is 1. The highest BCUT2D eigenvalue weighted by Gasteiger charge is 2.39. The number of rotatable bonds is 5. The summed E-state index contributed by atoms with van der Waals surface area (Å²) in [6, 6.07) is 7.52. The number of carbonyl (C=O) groups is 1. The first-order chi connectivity index (χ1) is 16.0. The lowest BCUT2D eigenvalue weighted by Gasteiger charge is -2.44. The van der Waals surface area contributed by atoms with E-state index in [4.69, 9.17) is 18.1 Å². The average Bonchev–Trinajstić information content (AvgIpc) is 3.26. The molecule has 2 aliphatic heterocycles. The molecule has 0 bridgehead atoms. The number of carboxylic acid groups (broad SMARTS) is 1. The molecule has 2 unspecified atom stereocenters. The number of hydrogen-bond acceptors (Lipinski definition) is 8. The molecule has 9 nitrogen and oxygen atoms in total. The summed E-state index contributed by atoms with van der Waals surface area (Å²) < 4.78 is 34.6. The van der Waals surface area contributed by atoms with E-state index in [1.165, 1.54) is 0 Å². The minimum Gasteiger partial charge on any atom is -0.487 e. The summed E-state index contributed by atoms with van der Waals surface area (Å²) >= 11 is -1.74. The second kappa shape index (κ2) is 10.00. The molecule has 0 saturated carbocycles. The maximum Gasteiger partial charge on any atom is 0.407 e. The highest BCUT2D eigenvalue weighted by Crippen LogP contribution is 2.46. The number of aromatic nitrogens is 1. The quantitative estimate of drug-likeness (QED) is 0.466. The monoisotopic (exact) mass is 512 g/mol. The molecule has 0 aliphatic carbocycles. The van der Waals surface area contributed by atoms with E-state index in [1.54, 1.807) is 16.2 Å². The van der Waals surface area contributed by atoms with Crippen LogP contribution in [-0.4, -0.2) is 56.0 Å². The summed E-state index contributed by atoms with van der Waals surface area (Å²) in [5, 5.41) is 12.6. The van der Waals surface area contributed by atoms with E-state index in [9.17, 15) is 19.0 Å². The smallest absolute Gasteiger partial charge is 0.407 e. The first-order valence-electron chi connectivity index (χ1n) is 11.3. The Balaban J connectivity index is 1.32. The standard InChI is InChI=1S/C23H32N2O7S2/c1-23(2,3)20-10-16(8-9-25(20)22(26)27)21-24-18(14-33-21)13-30-19-6-4-15(5-7-19)17-11-31-34(28,29)32-12-17/h4-7,14,16-17,20,28-29H,8-13H2,1-3H3,(H,26,27). The van der Waals surface area contributed by atoms with Gasteiger partial charge in [-0.2, -0.15) is 0 Å². The fourth-order valence-corrected chi connectivity index (χ4v) is 6.13. The second-order valence-electron chi connectivity index (χ2n) is 9.83. The minimum absolute atomic E-state index is 0.0431. The van der Waals surface area contributed by atoms with Crippen LogP contribution in [0.25, 0.3) is 0 Å². The molecule has 34 heavy (non-hydrogen) atoms. The number of likely N-dealkylation sites (tertiary alicyclic amines) is 1. The molecule has 2 atom stereocenters. The van der Waals surface area contributed by atoms with E-state index in [1.807, 2.05) is 29.6 Å². The van der Waals surface area contributed by atoms with Gasteiger partial charge in [-0.15, -0.1) is 11.3 Å². The molecule has 1 aromatic heterocycles. The van der Waals surface area contributed by atoms with Gasteiger partial charge < -0.3 is 14.7 Å². The summed E-state index contributed by atoms with van der Waals surface area (Å²) in [4.78, 5) is 18.0. The number of ether oxygens (including phenoxy) is 1. The van der Waals surface area contributed by atoms with Crippen LogP contribution >= 0.6 is 22.5 Å². The third-order valence-corrected chi connectivity index (χ3v) is 8.29. The van der Waals surface area contributed by atoms with E-state index < -0.39 is 17.2 Å². The van der Waals surface area contributed by atoms with E-state index in [-0.39, 0.29) is 36.5 Å². The number of hydrogen-bond donors (Lipinski definition) is 3. The van der Waals surface area contributed by atoms with Gasteiger partial charge in [0.05, 0.1) is 23.9 Å². The molecular weight excluding hydrogens is 480 g/mol. The van der Waals surface area contributed by atoms with Crippen molar-refractivity contribution >= 4 is 28.6 Å². The van der Waals surface area contributed by atoms with Crippen molar-refractivity contribution in [3.8, 4) is 5.75 Å². The molecule has 3 N–H and O–H groups in total. The second-order valence-corrected chi connectivity index (χ2v) is 12.1. The highest BCUT2D eigenvalue weighted by molar-refractivity contribution is 8.16. The minimum atomic E-state index is -3.35. The average molecular weight is 513 g/mol. The molecule has 2 saturated heterocycles. The van der Waals surface area contributed by atoms with Crippen molar-refractivity contribution in [2.45, 2.75) is 58.1 Å². The largest absolute Gasteiger partial charge is 0.487 e. The molecule has 1 aromatic carbocycles. The van der Waals surface area contributed by atoms with Crippen molar-refractivity contribution in [2.24, 2.45) is 5.41 Å². The van der Waals surface area contributed by atoms with Gasteiger partial charge in [0, 0.05) is 29.8 Å². The molecule has 0 radical (unpaired) electrons. The lowest BCUT2D eigenvalue weighted by Crippen LogP contribution is -2.51. The predicted octanol–water partition coefficient (Wildman–Crippen LogP) is 5.71. The topological polar surface area (TPSA) is 122 Å². The van der Waals surface area contributed by atoms with Crippen molar-refractivity contribution in [1.82, 2.24) is 9.88 Å². The van der Waals surface area contributed by atoms with Gasteiger partial charge in [0.2, 0.25) is 11.2 Å². The van der Waals surface area contributed by atoms with Crippen LogP contribution in [0.15, 0.2) is 29.6 Å². The Morgan fingerprint density at radius 2 is 1.88 bits per heavy atom. The summed E-state index contributed by atoms with van der Waals surface area (Å²) in [6.45, 7) is 7.51. The van der Waals surface area contributed by atoms with E-state index in [0.29, 0.717) is 18.9 Å². The van der Waals surface area contributed by atoms with Crippen molar-refractivity contribution in [2.75, 3.05) is 19.8 Å². The van der Waals surface area contributed by atoms with Crippen LogP contribution < -0.4 is 4.74 Å². The lowest BCUT2D eigenvalue weighted by atomic mass is 9.77. The van der Waals surface area contributed by atoms with Gasteiger partial charge in [-0.25, -0.2) is 9.78 Å². The van der Waals surface area contributed by atoms with Crippen LogP contribution in [0.4, 0.5) is 4.79 Å². The zero-order chi connectivity index (χ0) is 24.5. The Bertz CT molecular complexity index is 980. The SMILES string of the molecule is CC(C)(C)C1CC(c2nc(COc3ccc(C4COS(O)(O)OC4)cc3)cs2)CCN1C(=O)O. The highest BCUT2D eigenvalue weighted by atomic mass is 32.3. The van der Waals surface area contributed by atoms with Crippen LogP contribution in [0, 0.1) is 5.41 Å². The molecule has 4 rings (SSSR count). The van der Waals surface area contributed by atoms with Gasteiger partial charge in [0.15, 0.2) is 0 Å². The Kier molecular flexibility index (Phi) is 7.41.